The first kappa shape index (κ1) is 38.1. The molecule has 0 aliphatic carbocycles. The molecule has 0 bridgehead atoms. The molecule has 0 fully saturated rings. The van der Waals surface area contributed by atoms with E-state index in [4.69, 9.17) is 4.74 Å². The first-order valence-corrected chi connectivity index (χ1v) is 17.3. The Morgan fingerprint density at radius 1 is 0.641 bits per heavy atom. The molecule has 0 saturated carbocycles. The molecule has 0 saturated heterocycles. The summed E-state index contributed by atoms with van der Waals surface area (Å²) < 4.78 is 5.26. The number of carbonyl (C=O) groups is 1. The van der Waals surface area contributed by atoms with E-state index >= 15 is 0 Å². The third kappa shape index (κ3) is 28.5. The van der Waals surface area contributed by atoms with Crippen LogP contribution in [0, 0.1) is 0 Å². The number of rotatable bonds is 31. The van der Waals surface area contributed by atoms with Crippen LogP contribution in [-0.4, -0.2) is 36.9 Å². The van der Waals surface area contributed by atoms with Crippen LogP contribution >= 0.6 is 0 Å². The highest BCUT2D eigenvalue weighted by molar-refractivity contribution is 5.76. The molecule has 2 unspecified atom stereocenters. The molecule has 0 aromatic heterocycles. The highest BCUT2D eigenvalue weighted by Gasteiger charge is 2.18. The molecule has 4 heteroatoms. The third-order valence-electron chi connectivity index (χ3n) is 7.92. The van der Waals surface area contributed by atoms with Gasteiger partial charge in [-0.1, -0.05) is 167 Å². The Morgan fingerprint density at radius 2 is 1.03 bits per heavy atom. The first-order valence-electron chi connectivity index (χ1n) is 17.3. The molecule has 2 atom stereocenters. The number of carbonyl (C=O) groups excluding carboxylic acids is 1. The lowest BCUT2D eigenvalue weighted by Crippen LogP contribution is -2.45. The smallest absolute Gasteiger partial charge is 0.220 e. The van der Waals surface area contributed by atoms with Crippen LogP contribution in [0.4, 0.5) is 0 Å². The lowest BCUT2D eigenvalue weighted by molar-refractivity contribution is -0.123. The van der Waals surface area contributed by atoms with E-state index in [0.29, 0.717) is 13.0 Å². The minimum absolute atomic E-state index is 0.0259. The van der Waals surface area contributed by atoms with E-state index in [1.165, 1.54) is 141 Å². The molecule has 39 heavy (non-hydrogen) atoms. The Bertz CT molecular complexity index is 522. The minimum atomic E-state index is -0.701. The number of ether oxygens (including phenoxy) is 1. The molecule has 4 nitrogen and oxygen atoms in total. The molecule has 232 valence electrons. The fraction of sp³-hybridized carbons (Fsp3) is 0.914. The predicted molar refractivity (Wildman–Crippen MR) is 170 cm³/mol. The number of hydrogen-bond acceptors (Lipinski definition) is 3. The van der Waals surface area contributed by atoms with Crippen molar-refractivity contribution in [3.63, 3.8) is 0 Å². The van der Waals surface area contributed by atoms with Gasteiger partial charge in [0.1, 0.15) is 0 Å². The summed E-state index contributed by atoms with van der Waals surface area (Å²) >= 11 is 0. The number of hydrogen-bond donors (Lipinski definition) is 2. The number of methoxy groups -OCH3 is 1. The number of amides is 1. The van der Waals surface area contributed by atoms with Gasteiger partial charge in [0, 0.05) is 13.5 Å². The number of unbranched alkanes of at least 4 members (excludes halogenated alkanes) is 23. The predicted octanol–water partition coefficient (Wildman–Crippen LogP) is 10.2. The fourth-order valence-corrected chi connectivity index (χ4v) is 5.28. The van der Waals surface area contributed by atoms with Crippen molar-refractivity contribution >= 4 is 5.91 Å². The van der Waals surface area contributed by atoms with Gasteiger partial charge in [-0.3, -0.25) is 4.79 Å². The highest BCUT2D eigenvalue weighted by Crippen LogP contribution is 2.14. The van der Waals surface area contributed by atoms with Crippen LogP contribution < -0.4 is 5.32 Å². The summed E-state index contributed by atoms with van der Waals surface area (Å²) in [7, 11) is 1.62. The van der Waals surface area contributed by atoms with Crippen molar-refractivity contribution in [3.8, 4) is 0 Å². The number of allylic oxidation sites excluding steroid dienone is 1. The summed E-state index contributed by atoms with van der Waals surface area (Å²) in [6, 6.07) is -0.377. The highest BCUT2D eigenvalue weighted by atomic mass is 16.5. The van der Waals surface area contributed by atoms with E-state index in [2.05, 4.69) is 25.2 Å². The van der Waals surface area contributed by atoms with Gasteiger partial charge < -0.3 is 15.2 Å². The maximum atomic E-state index is 12.4. The van der Waals surface area contributed by atoms with E-state index in [1.54, 1.807) is 7.11 Å². The van der Waals surface area contributed by atoms with Crippen LogP contribution in [0.2, 0.25) is 0 Å². The molecule has 1 amide bonds. The van der Waals surface area contributed by atoms with Gasteiger partial charge >= 0.3 is 0 Å². The molecule has 0 radical (unpaired) electrons. The van der Waals surface area contributed by atoms with Crippen molar-refractivity contribution in [2.24, 2.45) is 0 Å². The molecule has 0 spiro atoms. The van der Waals surface area contributed by atoms with Gasteiger partial charge in [-0.25, -0.2) is 0 Å². The molecular weight excluding hydrogens is 482 g/mol. The van der Waals surface area contributed by atoms with Gasteiger partial charge in [-0.2, -0.15) is 0 Å². The standard InChI is InChI=1S/C35H69NO3/c1-4-6-8-10-12-14-16-18-20-22-24-26-28-30-34(37)33(32-39-3)36-35(38)31-29-27-25-23-21-19-17-15-13-11-9-7-5-2/h28,30,33-34,37H,4-27,29,31-32H2,1-3H3,(H,36,38)/b30-28+. The van der Waals surface area contributed by atoms with Gasteiger partial charge in [-0.05, 0) is 19.3 Å². The van der Waals surface area contributed by atoms with Gasteiger partial charge in [0.15, 0.2) is 0 Å². The number of nitrogens with one attached hydrogen (secondary N) is 1. The van der Waals surface area contributed by atoms with Crippen LogP contribution in [0.3, 0.4) is 0 Å². The van der Waals surface area contributed by atoms with Crippen molar-refractivity contribution in [2.45, 2.75) is 193 Å². The average molecular weight is 552 g/mol. The fourth-order valence-electron chi connectivity index (χ4n) is 5.28. The maximum absolute atomic E-state index is 12.4. The quantitative estimate of drug-likeness (QED) is 0.0665. The van der Waals surface area contributed by atoms with Crippen molar-refractivity contribution in [3.05, 3.63) is 12.2 Å². The lowest BCUT2D eigenvalue weighted by atomic mass is 10.0. The van der Waals surface area contributed by atoms with Gasteiger partial charge in [0.25, 0.3) is 0 Å². The zero-order valence-corrected chi connectivity index (χ0v) is 26.7. The zero-order chi connectivity index (χ0) is 28.7. The van der Waals surface area contributed by atoms with Gasteiger partial charge in [0.2, 0.25) is 5.91 Å². The largest absolute Gasteiger partial charge is 0.387 e. The molecule has 0 rings (SSSR count). The van der Waals surface area contributed by atoms with Crippen LogP contribution in [0.25, 0.3) is 0 Å². The van der Waals surface area contributed by atoms with Crippen LogP contribution in [0.5, 0.6) is 0 Å². The summed E-state index contributed by atoms with van der Waals surface area (Å²) in [5.74, 6) is 0.0259. The monoisotopic (exact) mass is 552 g/mol. The van der Waals surface area contributed by atoms with Crippen LogP contribution in [0.15, 0.2) is 12.2 Å². The second-order valence-electron chi connectivity index (χ2n) is 11.9. The van der Waals surface area contributed by atoms with Gasteiger partial charge in [0.05, 0.1) is 18.8 Å². The van der Waals surface area contributed by atoms with E-state index in [1.807, 2.05) is 6.08 Å². The number of aliphatic hydroxyl groups is 1. The third-order valence-corrected chi connectivity index (χ3v) is 7.92. The molecule has 2 N–H and O–H groups in total. The summed E-state index contributed by atoms with van der Waals surface area (Å²) in [5.41, 5.74) is 0. The van der Waals surface area contributed by atoms with E-state index in [9.17, 15) is 9.90 Å². The van der Waals surface area contributed by atoms with E-state index < -0.39 is 6.10 Å². The Balaban J connectivity index is 3.75. The maximum Gasteiger partial charge on any atom is 0.220 e. The SMILES string of the molecule is CCCCCCCCCCCCC/C=C/C(O)C(COC)NC(=O)CCCCCCCCCCCCCCC. The molecule has 0 aromatic rings. The second kappa shape index (κ2) is 31.7. The molecule has 0 heterocycles. The zero-order valence-electron chi connectivity index (χ0n) is 26.7. The van der Waals surface area contributed by atoms with Crippen molar-refractivity contribution in [1.82, 2.24) is 5.32 Å². The Labute approximate surface area is 244 Å². The van der Waals surface area contributed by atoms with E-state index in [0.717, 1.165) is 19.3 Å². The summed E-state index contributed by atoms with van der Waals surface area (Å²) in [4.78, 5) is 12.4. The van der Waals surface area contributed by atoms with E-state index in [-0.39, 0.29) is 11.9 Å². The summed E-state index contributed by atoms with van der Waals surface area (Å²) in [5, 5.41) is 13.6. The lowest BCUT2D eigenvalue weighted by Gasteiger charge is -2.21. The molecule has 0 aliphatic heterocycles. The Hall–Kier alpha value is -0.870. The van der Waals surface area contributed by atoms with Crippen molar-refractivity contribution < 1.29 is 14.6 Å². The minimum Gasteiger partial charge on any atom is -0.387 e. The number of aliphatic hydroxyl groups excluding tert-OH is 1. The first-order chi connectivity index (χ1) is 19.2. The molecular formula is C35H69NO3. The Morgan fingerprint density at radius 3 is 1.44 bits per heavy atom. The van der Waals surface area contributed by atoms with Crippen molar-refractivity contribution in [1.29, 1.82) is 0 Å². The summed E-state index contributed by atoms with van der Waals surface area (Å²) in [6.07, 6.45) is 36.5. The second-order valence-corrected chi connectivity index (χ2v) is 11.9. The van der Waals surface area contributed by atoms with Crippen molar-refractivity contribution in [2.75, 3.05) is 13.7 Å². The topological polar surface area (TPSA) is 58.6 Å². The van der Waals surface area contributed by atoms with Crippen LogP contribution in [0.1, 0.15) is 181 Å². The molecule has 0 aliphatic rings. The normalized spacial score (nSPS) is 13.2. The van der Waals surface area contributed by atoms with Crippen LogP contribution in [-0.2, 0) is 9.53 Å². The Kier molecular flexibility index (Phi) is 30.9. The summed E-state index contributed by atoms with van der Waals surface area (Å²) in [6.45, 7) is 4.87. The molecule has 0 aromatic carbocycles. The van der Waals surface area contributed by atoms with Gasteiger partial charge in [-0.15, -0.1) is 0 Å². The average Bonchev–Trinajstić information content (AvgIpc) is 2.93.